The number of methoxy groups -OCH3 is 2. The molecule has 0 bridgehead atoms. The average Bonchev–Trinajstić information content (AvgIpc) is 2.59. The van der Waals surface area contributed by atoms with Crippen molar-refractivity contribution >= 4 is 10.9 Å². The van der Waals surface area contributed by atoms with E-state index in [9.17, 15) is 5.26 Å². The number of benzene rings is 1. The van der Waals surface area contributed by atoms with Gasteiger partial charge in [0.2, 0.25) is 0 Å². The normalized spacial score (nSPS) is 10.3. The number of rotatable bonds is 2. The van der Waals surface area contributed by atoms with E-state index < -0.39 is 0 Å². The molecule has 1 aromatic heterocycles. The van der Waals surface area contributed by atoms with E-state index in [1.54, 1.807) is 14.2 Å². The molecule has 0 radical (unpaired) electrons. The number of ether oxygens (including phenoxy) is 2. The highest BCUT2D eigenvalue weighted by molar-refractivity contribution is 5.90. The summed E-state index contributed by atoms with van der Waals surface area (Å²) in [5.41, 5.74) is 2.60. The van der Waals surface area contributed by atoms with Crippen LogP contribution in [0.5, 0.6) is 11.5 Å². The summed E-state index contributed by atoms with van der Waals surface area (Å²) in [5, 5.41) is 10.1. The Labute approximate surface area is 100.0 Å². The molecule has 4 nitrogen and oxygen atoms in total. The number of hydrogen-bond acceptors (Lipinski definition) is 3. The van der Waals surface area contributed by atoms with E-state index in [4.69, 9.17) is 9.47 Å². The van der Waals surface area contributed by atoms with Crippen LogP contribution in [0.3, 0.4) is 0 Å². The maximum atomic E-state index is 9.18. The highest BCUT2D eigenvalue weighted by Crippen LogP contribution is 2.35. The first-order valence-corrected chi connectivity index (χ1v) is 5.25. The summed E-state index contributed by atoms with van der Waals surface area (Å²) < 4.78 is 12.5. The third-order valence-corrected chi connectivity index (χ3v) is 3.11. The summed E-state index contributed by atoms with van der Waals surface area (Å²) in [5.74, 6) is 1.31. The Kier molecular flexibility index (Phi) is 2.68. The maximum Gasteiger partial charge on any atom is 0.162 e. The lowest BCUT2D eigenvalue weighted by Crippen LogP contribution is -1.93. The quantitative estimate of drug-likeness (QED) is 0.795. The van der Waals surface area contributed by atoms with Crippen molar-refractivity contribution < 1.29 is 9.47 Å². The zero-order valence-corrected chi connectivity index (χ0v) is 10.4. The first-order valence-electron chi connectivity index (χ1n) is 5.25. The second kappa shape index (κ2) is 4.02. The van der Waals surface area contributed by atoms with E-state index in [0.717, 1.165) is 16.6 Å². The standard InChI is InChI=1S/C13H14N2O2/c1-8-10(7-14)9-5-12(16-3)13(17-4)6-11(9)15(8)2/h5-6H,1-4H3. The number of fused-ring (bicyclic) bond motifs is 1. The van der Waals surface area contributed by atoms with Gasteiger partial charge in [0.1, 0.15) is 6.07 Å². The van der Waals surface area contributed by atoms with Gasteiger partial charge in [0.15, 0.2) is 11.5 Å². The van der Waals surface area contributed by atoms with Gasteiger partial charge in [0.05, 0.1) is 25.3 Å². The minimum absolute atomic E-state index is 0.641. The predicted octanol–water partition coefficient (Wildman–Crippen LogP) is 2.38. The highest BCUT2D eigenvalue weighted by atomic mass is 16.5. The van der Waals surface area contributed by atoms with Crippen LogP contribution in [0, 0.1) is 18.3 Å². The van der Waals surface area contributed by atoms with E-state index in [1.165, 1.54) is 0 Å². The Balaban J connectivity index is 2.88. The second-order valence-electron chi connectivity index (χ2n) is 3.86. The summed E-state index contributed by atoms with van der Waals surface area (Å²) in [7, 11) is 5.13. The van der Waals surface area contributed by atoms with Crippen LogP contribution in [0.2, 0.25) is 0 Å². The van der Waals surface area contributed by atoms with E-state index >= 15 is 0 Å². The van der Waals surface area contributed by atoms with Crippen LogP contribution >= 0.6 is 0 Å². The molecule has 0 N–H and O–H groups in total. The molecule has 0 spiro atoms. The van der Waals surface area contributed by atoms with Crippen LogP contribution in [0.25, 0.3) is 10.9 Å². The van der Waals surface area contributed by atoms with Gasteiger partial charge in [0, 0.05) is 24.2 Å². The van der Waals surface area contributed by atoms with Gasteiger partial charge in [0.25, 0.3) is 0 Å². The van der Waals surface area contributed by atoms with Crippen LogP contribution in [-0.4, -0.2) is 18.8 Å². The smallest absolute Gasteiger partial charge is 0.162 e. The summed E-state index contributed by atoms with van der Waals surface area (Å²) in [6.45, 7) is 1.93. The summed E-state index contributed by atoms with van der Waals surface area (Å²) in [6, 6.07) is 5.97. The topological polar surface area (TPSA) is 47.2 Å². The van der Waals surface area contributed by atoms with E-state index in [2.05, 4.69) is 6.07 Å². The van der Waals surface area contributed by atoms with Crippen molar-refractivity contribution in [3.8, 4) is 17.6 Å². The van der Waals surface area contributed by atoms with Crippen LogP contribution < -0.4 is 9.47 Å². The molecule has 0 amide bonds. The van der Waals surface area contributed by atoms with E-state index in [1.807, 2.05) is 30.7 Å². The van der Waals surface area contributed by atoms with Gasteiger partial charge < -0.3 is 14.0 Å². The molecule has 0 saturated heterocycles. The second-order valence-corrected chi connectivity index (χ2v) is 3.86. The van der Waals surface area contributed by atoms with Crippen LogP contribution in [-0.2, 0) is 7.05 Å². The molecule has 0 fully saturated rings. The summed E-state index contributed by atoms with van der Waals surface area (Å²) in [6.07, 6.45) is 0. The fourth-order valence-electron chi connectivity index (χ4n) is 2.03. The molecule has 1 heterocycles. The fraction of sp³-hybridized carbons (Fsp3) is 0.308. The van der Waals surface area contributed by atoms with Gasteiger partial charge in [-0.15, -0.1) is 0 Å². The van der Waals surface area contributed by atoms with Crippen molar-refractivity contribution in [1.82, 2.24) is 4.57 Å². The van der Waals surface area contributed by atoms with Gasteiger partial charge in [-0.3, -0.25) is 0 Å². The lowest BCUT2D eigenvalue weighted by atomic mass is 10.1. The molecule has 0 atom stereocenters. The monoisotopic (exact) mass is 230 g/mol. The fourth-order valence-corrected chi connectivity index (χ4v) is 2.03. The van der Waals surface area contributed by atoms with E-state index in [-0.39, 0.29) is 0 Å². The van der Waals surface area contributed by atoms with Gasteiger partial charge >= 0.3 is 0 Å². The van der Waals surface area contributed by atoms with Crippen molar-refractivity contribution in [2.24, 2.45) is 7.05 Å². The molecule has 2 aromatic rings. The Morgan fingerprint density at radius 1 is 1.18 bits per heavy atom. The summed E-state index contributed by atoms with van der Waals surface area (Å²) >= 11 is 0. The Morgan fingerprint density at radius 3 is 2.29 bits per heavy atom. The SMILES string of the molecule is COc1cc2c(C#N)c(C)n(C)c2cc1OC. The third kappa shape index (κ3) is 1.51. The lowest BCUT2D eigenvalue weighted by Gasteiger charge is -2.08. The zero-order valence-electron chi connectivity index (χ0n) is 10.4. The van der Waals surface area contributed by atoms with Crippen molar-refractivity contribution in [3.05, 3.63) is 23.4 Å². The molecule has 88 valence electrons. The molecule has 0 aliphatic rings. The van der Waals surface area contributed by atoms with E-state index in [0.29, 0.717) is 17.1 Å². The average molecular weight is 230 g/mol. The van der Waals surface area contributed by atoms with Crippen molar-refractivity contribution in [2.75, 3.05) is 14.2 Å². The van der Waals surface area contributed by atoms with Crippen LogP contribution in [0.1, 0.15) is 11.3 Å². The van der Waals surface area contributed by atoms with Crippen LogP contribution in [0.4, 0.5) is 0 Å². The van der Waals surface area contributed by atoms with Gasteiger partial charge in [-0.1, -0.05) is 0 Å². The van der Waals surface area contributed by atoms with Gasteiger partial charge in [-0.05, 0) is 13.0 Å². The number of nitriles is 1. The largest absolute Gasteiger partial charge is 0.493 e. The molecule has 2 rings (SSSR count). The Bertz CT molecular complexity index is 621. The molecular formula is C13H14N2O2. The maximum absolute atomic E-state index is 9.18. The molecule has 0 saturated carbocycles. The van der Waals surface area contributed by atoms with Crippen molar-refractivity contribution in [2.45, 2.75) is 6.92 Å². The number of aryl methyl sites for hydroxylation is 1. The van der Waals surface area contributed by atoms with Crippen molar-refractivity contribution in [1.29, 1.82) is 5.26 Å². The van der Waals surface area contributed by atoms with Crippen molar-refractivity contribution in [3.63, 3.8) is 0 Å². The number of nitrogens with zero attached hydrogens (tertiary/aromatic N) is 2. The molecule has 0 unspecified atom stereocenters. The molecular weight excluding hydrogens is 216 g/mol. The zero-order chi connectivity index (χ0) is 12.6. The van der Waals surface area contributed by atoms with Crippen LogP contribution in [0.15, 0.2) is 12.1 Å². The van der Waals surface area contributed by atoms with Gasteiger partial charge in [-0.2, -0.15) is 5.26 Å². The minimum atomic E-state index is 0.641. The number of hydrogen-bond donors (Lipinski definition) is 0. The molecule has 1 aromatic carbocycles. The predicted molar refractivity (Wildman–Crippen MR) is 65.5 cm³/mol. The Hall–Kier alpha value is -2.15. The first kappa shape index (κ1) is 11.3. The molecule has 4 heteroatoms. The third-order valence-electron chi connectivity index (χ3n) is 3.11. The number of aromatic nitrogens is 1. The minimum Gasteiger partial charge on any atom is -0.493 e. The highest BCUT2D eigenvalue weighted by Gasteiger charge is 2.15. The molecule has 17 heavy (non-hydrogen) atoms. The summed E-state index contributed by atoms with van der Waals surface area (Å²) in [4.78, 5) is 0. The Morgan fingerprint density at radius 2 is 1.76 bits per heavy atom. The first-order chi connectivity index (χ1) is 8.13. The molecule has 0 aliphatic heterocycles. The van der Waals surface area contributed by atoms with Gasteiger partial charge in [-0.25, -0.2) is 0 Å². The lowest BCUT2D eigenvalue weighted by molar-refractivity contribution is 0.355. The molecule has 0 aliphatic carbocycles.